The molecule has 0 radical (unpaired) electrons. The van der Waals surface area contributed by atoms with Crippen molar-refractivity contribution in [2.75, 3.05) is 6.54 Å². The molecule has 0 amide bonds. The van der Waals surface area contributed by atoms with Crippen LogP contribution in [-0.2, 0) is 6.54 Å². The molecule has 0 bridgehead atoms. The Kier molecular flexibility index (Phi) is 6.15. The van der Waals surface area contributed by atoms with Gasteiger partial charge in [0.05, 0.1) is 11.1 Å². The molecular formula is C16H16ClF2NO3. The quantitative estimate of drug-likeness (QED) is 0.720. The maximum absolute atomic E-state index is 12.2. The van der Waals surface area contributed by atoms with Crippen molar-refractivity contribution in [3.8, 4) is 11.5 Å². The molecule has 0 saturated carbocycles. The highest BCUT2D eigenvalue weighted by Gasteiger charge is 2.11. The molecule has 23 heavy (non-hydrogen) atoms. The SMILES string of the molecule is Oc1c(Cl)cccc1CNCC(O)c1cccc(OC(F)F)c1. The third kappa shape index (κ3) is 5.06. The summed E-state index contributed by atoms with van der Waals surface area (Å²) < 4.78 is 28.7. The van der Waals surface area contributed by atoms with Gasteiger partial charge in [0.1, 0.15) is 11.5 Å². The van der Waals surface area contributed by atoms with E-state index in [-0.39, 0.29) is 23.1 Å². The molecule has 4 nitrogen and oxygen atoms in total. The van der Waals surface area contributed by atoms with Crippen LogP contribution >= 0.6 is 11.6 Å². The molecule has 0 heterocycles. The lowest BCUT2D eigenvalue weighted by molar-refractivity contribution is -0.0499. The first-order valence-corrected chi connectivity index (χ1v) is 7.25. The number of benzene rings is 2. The van der Waals surface area contributed by atoms with Crippen LogP contribution in [0, 0.1) is 0 Å². The van der Waals surface area contributed by atoms with E-state index in [1.54, 1.807) is 24.3 Å². The molecule has 0 spiro atoms. The average molecular weight is 344 g/mol. The number of aliphatic hydroxyl groups is 1. The highest BCUT2D eigenvalue weighted by molar-refractivity contribution is 6.32. The molecule has 2 aromatic rings. The minimum absolute atomic E-state index is 0.0102. The van der Waals surface area contributed by atoms with Crippen LogP contribution in [0.2, 0.25) is 5.02 Å². The van der Waals surface area contributed by atoms with Crippen molar-refractivity contribution >= 4 is 11.6 Å². The van der Waals surface area contributed by atoms with Gasteiger partial charge in [0.25, 0.3) is 0 Å². The van der Waals surface area contributed by atoms with E-state index in [2.05, 4.69) is 10.1 Å². The monoisotopic (exact) mass is 343 g/mol. The molecule has 2 aromatic carbocycles. The lowest BCUT2D eigenvalue weighted by atomic mass is 10.1. The summed E-state index contributed by atoms with van der Waals surface area (Å²) in [5.74, 6) is -0.0208. The molecule has 7 heteroatoms. The number of hydrogen-bond acceptors (Lipinski definition) is 4. The maximum Gasteiger partial charge on any atom is 0.387 e. The fourth-order valence-corrected chi connectivity index (χ4v) is 2.26. The number of halogens is 3. The van der Waals surface area contributed by atoms with Crippen molar-refractivity contribution in [2.45, 2.75) is 19.3 Å². The lowest BCUT2D eigenvalue weighted by Crippen LogP contribution is -2.21. The van der Waals surface area contributed by atoms with Crippen molar-refractivity contribution in [3.63, 3.8) is 0 Å². The molecule has 0 aromatic heterocycles. The number of alkyl halides is 2. The number of hydrogen-bond donors (Lipinski definition) is 3. The Balaban J connectivity index is 1.92. The number of ether oxygens (including phenoxy) is 1. The van der Waals surface area contributed by atoms with E-state index >= 15 is 0 Å². The Morgan fingerprint density at radius 3 is 2.65 bits per heavy atom. The van der Waals surface area contributed by atoms with Gasteiger partial charge in [-0.25, -0.2) is 0 Å². The van der Waals surface area contributed by atoms with Crippen molar-refractivity contribution < 1.29 is 23.7 Å². The predicted molar refractivity (Wildman–Crippen MR) is 82.9 cm³/mol. The molecular weight excluding hydrogens is 328 g/mol. The number of nitrogens with one attached hydrogen (secondary N) is 1. The summed E-state index contributed by atoms with van der Waals surface area (Å²) in [7, 11) is 0. The Labute approximate surface area is 137 Å². The topological polar surface area (TPSA) is 61.7 Å². The highest BCUT2D eigenvalue weighted by atomic mass is 35.5. The number of phenolic OH excluding ortho intramolecular Hbond substituents is 1. The third-order valence-corrected chi connectivity index (χ3v) is 3.50. The first-order valence-electron chi connectivity index (χ1n) is 6.87. The number of aliphatic hydroxyl groups excluding tert-OH is 1. The van der Waals surface area contributed by atoms with E-state index < -0.39 is 12.7 Å². The van der Waals surface area contributed by atoms with E-state index in [1.165, 1.54) is 18.2 Å². The van der Waals surface area contributed by atoms with Gasteiger partial charge in [-0.05, 0) is 23.8 Å². The molecule has 3 N–H and O–H groups in total. The molecule has 124 valence electrons. The van der Waals surface area contributed by atoms with Gasteiger partial charge in [-0.15, -0.1) is 0 Å². The predicted octanol–water partition coefficient (Wildman–Crippen LogP) is 3.47. The third-order valence-electron chi connectivity index (χ3n) is 3.19. The van der Waals surface area contributed by atoms with Gasteiger partial charge >= 0.3 is 6.61 Å². The Bertz CT molecular complexity index is 655. The Morgan fingerprint density at radius 2 is 1.91 bits per heavy atom. The number of aromatic hydroxyl groups is 1. The van der Waals surface area contributed by atoms with Crippen LogP contribution in [0.1, 0.15) is 17.2 Å². The van der Waals surface area contributed by atoms with Gasteiger partial charge in [-0.2, -0.15) is 8.78 Å². The van der Waals surface area contributed by atoms with Gasteiger partial charge in [0.2, 0.25) is 0 Å². The molecule has 1 unspecified atom stereocenters. The van der Waals surface area contributed by atoms with E-state index in [0.29, 0.717) is 17.7 Å². The van der Waals surface area contributed by atoms with Crippen LogP contribution in [0.3, 0.4) is 0 Å². The van der Waals surface area contributed by atoms with Gasteiger partial charge in [-0.1, -0.05) is 35.9 Å². The van der Waals surface area contributed by atoms with Crippen molar-refractivity contribution in [2.24, 2.45) is 0 Å². The van der Waals surface area contributed by atoms with Crippen LogP contribution < -0.4 is 10.1 Å². The van der Waals surface area contributed by atoms with Crippen LogP contribution in [0.5, 0.6) is 11.5 Å². The average Bonchev–Trinajstić information content (AvgIpc) is 2.51. The largest absolute Gasteiger partial charge is 0.506 e. The van der Waals surface area contributed by atoms with Crippen LogP contribution in [-0.4, -0.2) is 23.4 Å². The molecule has 0 aliphatic carbocycles. The minimum Gasteiger partial charge on any atom is -0.506 e. The molecule has 0 aliphatic heterocycles. The smallest absolute Gasteiger partial charge is 0.387 e. The van der Waals surface area contributed by atoms with Gasteiger partial charge in [0, 0.05) is 18.7 Å². The lowest BCUT2D eigenvalue weighted by Gasteiger charge is -2.14. The van der Waals surface area contributed by atoms with Crippen LogP contribution in [0.4, 0.5) is 8.78 Å². The van der Waals surface area contributed by atoms with Crippen molar-refractivity contribution in [3.05, 3.63) is 58.6 Å². The van der Waals surface area contributed by atoms with Crippen LogP contribution in [0.15, 0.2) is 42.5 Å². The molecule has 1 atom stereocenters. The summed E-state index contributed by atoms with van der Waals surface area (Å²) in [4.78, 5) is 0. The summed E-state index contributed by atoms with van der Waals surface area (Å²) >= 11 is 5.81. The summed E-state index contributed by atoms with van der Waals surface area (Å²) in [6, 6.07) is 10.9. The molecule has 0 fully saturated rings. The first-order chi connectivity index (χ1) is 11.0. The Morgan fingerprint density at radius 1 is 1.17 bits per heavy atom. The van der Waals surface area contributed by atoms with E-state index in [0.717, 1.165) is 0 Å². The van der Waals surface area contributed by atoms with E-state index in [1.807, 2.05) is 0 Å². The number of phenols is 1. The second-order valence-corrected chi connectivity index (χ2v) is 5.25. The highest BCUT2D eigenvalue weighted by Crippen LogP contribution is 2.27. The minimum atomic E-state index is -2.91. The van der Waals surface area contributed by atoms with Crippen LogP contribution in [0.25, 0.3) is 0 Å². The molecule has 0 aliphatic rings. The summed E-state index contributed by atoms with van der Waals surface area (Å²) in [6.45, 7) is -2.44. The normalized spacial score (nSPS) is 12.4. The van der Waals surface area contributed by atoms with Gasteiger partial charge < -0.3 is 20.3 Å². The number of para-hydroxylation sites is 1. The zero-order valence-corrected chi connectivity index (χ0v) is 12.8. The zero-order chi connectivity index (χ0) is 16.8. The van der Waals surface area contributed by atoms with Crippen molar-refractivity contribution in [1.82, 2.24) is 5.32 Å². The van der Waals surface area contributed by atoms with Gasteiger partial charge in [0.15, 0.2) is 0 Å². The van der Waals surface area contributed by atoms with Gasteiger partial charge in [-0.3, -0.25) is 0 Å². The summed E-state index contributed by atoms with van der Waals surface area (Å²) in [5, 5.41) is 23.1. The molecule has 0 saturated heterocycles. The Hall–Kier alpha value is -1.89. The summed E-state index contributed by atoms with van der Waals surface area (Å²) in [5.41, 5.74) is 1.05. The standard InChI is InChI=1S/C16H16ClF2NO3/c17-13-6-2-4-11(15(13)22)8-20-9-14(21)10-3-1-5-12(7-10)23-16(18)19/h1-7,14,16,20-22H,8-9H2. The fraction of sp³-hybridized carbons (Fsp3) is 0.250. The van der Waals surface area contributed by atoms with E-state index in [9.17, 15) is 19.0 Å². The number of rotatable bonds is 7. The first kappa shape index (κ1) is 17.5. The zero-order valence-electron chi connectivity index (χ0n) is 12.0. The maximum atomic E-state index is 12.2. The second kappa shape index (κ2) is 8.10. The van der Waals surface area contributed by atoms with Crippen molar-refractivity contribution in [1.29, 1.82) is 0 Å². The summed E-state index contributed by atoms with van der Waals surface area (Å²) in [6.07, 6.45) is -0.905. The second-order valence-electron chi connectivity index (χ2n) is 4.85. The van der Waals surface area contributed by atoms with E-state index in [4.69, 9.17) is 11.6 Å². The fourth-order valence-electron chi connectivity index (χ4n) is 2.06. The molecule has 2 rings (SSSR count).